The number of nitro groups is 1. The van der Waals surface area contributed by atoms with E-state index in [2.05, 4.69) is 5.32 Å². The Labute approximate surface area is 102 Å². The highest BCUT2D eigenvalue weighted by Crippen LogP contribution is 2.24. The van der Waals surface area contributed by atoms with Gasteiger partial charge in [-0.2, -0.15) is 0 Å². The van der Waals surface area contributed by atoms with E-state index in [1.54, 1.807) is 0 Å². The zero-order chi connectivity index (χ0) is 13.7. The number of halogens is 1. The first-order valence-corrected chi connectivity index (χ1v) is 4.98. The molecule has 0 spiro atoms. The van der Waals surface area contributed by atoms with Gasteiger partial charge in [0.2, 0.25) is 0 Å². The van der Waals surface area contributed by atoms with Crippen molar-refractivity contribution in [3.63, 3.8) is 0 Å². The average Bonchev–Trinajstić information content (AvgIpc) is 2.32. The largest absolute Gasteiger partial charge is 0.396 e. The first-order chi connectivity index (χ1) is 8.47. The van der Waals surface area contributed by atoms with Gasteiger partial charge < -0.3 is 15.8 Å². The second-order valence-corrected chi connectivity index (χ2v) is 3.40. The summed E-state index contributed by atoms with van der Waals surface area (Å²) in [4.78, 5) is 21.5. The molecule has 0 fully saturated rings. The quantitative estimate of drug-likeness (QED) is 0.349. The first-order valence-electron chi connectivity index (χ1n) is 4.98. The number of rotatable bonds is 5. The van der Waals surface area contributed by atoms with Crippen LogP contribution in [-0.4, -0.2) is 31.1 Å². The summed E-state index contributed by atoms with van der Waals surface area (Å²) in [5.74, 6) is -1.64. The summed E-state index contributed by atoms with van der Waals surface area (Å²) in [6, 6.07) is 1.57. The van der Waals surface area contributed by atoms with Gasteiger partial charge in [0.05, 0.1) is 23.3 Å². The van der Waals surface area contributed by atoms with Gasteiger partial charge >= 0.3 is 0 Å². The molecule has 0 saturated heterocycles. The van der Waals surface area contributed by atoms with Gasteiger partial charge in [-0.15, -0.1) is 0 Å². The van der Waals surface area contributed by atoms with Crippen LogP contribution in [0.2, 0.25) is 0 Å². The van der Waals surface area contributed by atoms with Crippen LogP contribution < -0.4 is 11.1 Å². The number of nitrogen functional groups attached to an aromatic ring is 1. The van der Waals surface area contributed by atoms with E-state index in [1.807, 2.05) is 0 Å². The van der Waals surface area contributed by atoms with Crippen LogP contribution >= 0.6 is 0 Å². The van der Waals surface area contributed by atoms with Crippen molar-refractivity contribution in [2.45, 2.75) is 0 Å². The van der Waals surface area contributed by atoms with Crippen molar-refractivity contribution >= 4 is 17.3 Å². The molecular weight excluding hydrogens is 245 g/mol. The molecular formula is C10H12FN3O4. The fourth-order valence-corrected chi connectivity index (χ4v) is 1.27. The highest BCUT2D eigenvalue weighted by atomic mass is 19.1. The van der Waals surface area contributed by atoms with E-state index in [4.69, 9.17) is 10.5 Å². The minimum Gasteiger partial charge on any atom is -0.396 e. The Kier molecular flexibility index (Phi) is 4.55. The molecule has 0 atom stereocenters. The molecule has 18 heavy (non-hydrogen) atoms. The van der Waals surface area contributed by atoms with E-state index >= 15 is 0 Å². The predicted octanol–water partition coefficient (Wildman–Crippen LogP) is 0.692. The molecule has 0 aliphatic carbocycles. The van der Waals surface area contributed by atoms with E-state index in [0.717, 1.165) is 6.07 Å². The standard InChI is InChI=1S/C10H12FN3O4/c1-18-3-2-13-10(15)6-4-8(12)7(11)5-9(6)14(16)17/h4-5H,2-3,12H2,1H3,(H,13,15). The first kappa shape index (κ1) is 13.8. The van der Waals surface area contributed by atoms with E-state index < -0.39 is 22.3 Å². The second kappa shape index (κ2) is 5.92. The molecule has 0 heterocycles. The van der Waals surface area contributed by atoms with Gasteiger partial charge in [0.1, 0.15) is 5.56 Å². The Balaban J connectivity index is 3.02. The predicted molar refractivity (Wildman–Crippen MR) is 61.7 cm³/mol. The number of hydrogen-bond acceptors (Lipinski definition) is 5. The molecule has 0 aliphatic rings. The third-order valence-corrected chi connectivity index (χ3v) is 2.15. The van der Waals surface area contributed by atoms with Gasteiger partial charge in [0, 0.05) is 13.7 Å². The molecule has 0 radical (unpaired) electrons. The van der Waals surface area contributed by atoms with Crippen LogP contribution in [0.3, 0.4) is 0 Å². The third kappa shape index (κ3) is 3.14. The average molecular weight is 257 g/mol. The zero-order valence-corrected chi connectivity index (χ0v) is 9.60. The summed E-state index contributed by atoms with van der Waals surface area (Å²) < 4.78 is 17.8. The molecule has 0 bridgehead atoms. The number of ether oxygens (including phenoxy) is 1. The van der Waals surface area contributed by atoms with Crippen LogP contribution in [0.15, 0.2) is 12.1 Å². The summed E-state index contributed by atoms with van der Waals surface area (Å²) >= 11 is 0. The number of amides is 1. The normalized spacial score (nSPS) is 10.1. The summed E-state index contributed by atoms with van der Waals surface area (Å²) in [7, 11) is 1.45. The zero-order valence-electron chi connectivity index (χ0n) is 9.60. The summed E-state index contributed by atoms with van der Waals surface area (Å²) in [6.45, 7) is 0.444. The van der Waals surface area contributed by atoms with Crippen molar-refractivity contribution in [2.75, 3.05) is 26.0 Å². The lowest BCUT2D eigenvalue weighted by Crippen LogP contribution is -2.27. The number of nitrogens with two attached hydrogens (primary N) is 1. The highest BCUT2D eigenvalue weighted by Gasteiger charge is 2.22. The Morgan fingerprint density at radius 1 is 1.61 bits per heavy atom. The Morgan fingerprint density at radius 3 is 2.83 bits per heavy atom. The van der Waals surface area contributed by atoms with Gasteiger partial charge in [0.25, 0.3) is 11.6 Å². The molecule has 1 aromatic carbocycles. The number of carbonyl (C=O) groups excluding carboxylic acids is 1. The van der Waals surface area contributed by atoms with E-state index in [1.165, 1.54) is 7.11 Å². The lowest BCUT2D eigenvalue weighted by Gasteiger charge is -2.06. The van der Waals surface area contributed by atoms with Crippen molar-refractivity contribution in [3.05, 3.63) is 33.6 Å². The number of hydrogen-bond donors (Lipinski definition) is 2. The molecule has 7 nitrogen and oxygen atoms in total. The maximum Gasteiger partial charge on any atom is 0.285 e. The molecule has 0 unspecified atom stereocenters. The summed E-state index contributed by atoms with van der Waals surface area (Å²) in [5.41, 5.74) is 4.05. The van der Waals surface area contributed by atoms with Gasteiger partial charge in [-0.05, 0) is 6.07 Å². The second-order valence-electron chi connectivity index (χ2n) is 3.40. The molecule has 1 rings (SSSR count). The maximum atomic E-state index is 13.1. The number of nitrogens with zero attached hydrogens (tertiary/aromatic N) is 1. The Hall–Kier alpha value is -2.22. The minimum atomic E-state index is -0.935. The number of methoxy groups -OCH3 is 1. The number of carbonyl (C=O) groups is 1. The number of anilines is 1. The molecule has 8 heteroatoms. The Bertz CT molecular complexity index is 478. The monoisotopic (exact) mass is 257 g/mol. The van der Waals surface area contributed by atoms with Gasteiger partial charge in [-0.25, -0.2) is 4.39 Å². The van der Waals surface area contributed by atoms with E-state index in [0.29, 0.717) is 6.07 Å². The fourth-order valence-electron chi connectivity index (χ4n) is 1.27. The van der Waals surface area contributed by atoms with Crippen LogP contribution in [0.1, 0.15) is 10.4 Å². The van der Waals surface area contributed by atoms with Crippen molar-refractivity contribution in [2.24, 2.45) is 0 Å². The molecule has 0 aliphatic heterocycles. The van der Waals surface area contributed by atoms with E-state index in [9.17, 15) is 19.3 Å². The lowest BCUT2D eigenvalue weighted by molar-refractivity contribution is -0.385. The van der Waals surface area contributed by atoms with Crippen LogP contribution in [0.5, 0.6) is 0 Å². The van der Waals surface area contributed by atoms with Gasteiger partial charge in [-0.1, -0.05) is 0 Å². The highest BCUT2D eigenvalue weighted by molar-refractivity contribution is 5.99. The lowest BCUT2D eigenvalue weighted by atomic mass is 10.1. The van der Waals surface area contributed by atoms with E-state index in [-0.39, 0.29) is 24.4 Å². The SMILES string of the molecule is COCCNC(=O)c1cc(N)c(F)cc1[N+](=O)[O-]. The van der Waals surface area contributed by atoms with Crippen molar-refractivity contribution in [3.8, 4) is 0 Å². The van der Waals surface area contributed by atoms with Crippen LogP contribution in [0, 0.1) is 15.9 Å². The fraction of sp³-hybridized carbons (Fsp3) is 0.300. The molecule has 1 amide bonds. The van der Waals surface area contributed by atoms with Crippen LogP contribution in [-0.2, 0) is 4.74 Å². The summed E-state index contributed by atoms with van der Waals surface area (Å²) in [6.07, 6.45) is 0. The Morgan fingerprint density at radius 2 is 2.28 bits per heavy atom. The maximum absolute atomic E-state index is 13.1. The van der Waals surface area contributed by atoms with Gasteiger partial charge in [-0.3, -0.25) is 14.9 Å². The van der Waals surface area contributed by atoms with Crippen molar-refractivity contribution in [1.82, 2.24) is 5.32 Å². The molecule has 0 saturated carbocycles. The molecule has 3 N–H and O–H groups in total. The topological polar surface area (TPSA) is 107 Å². The number of nitrogens with one attached hydrogen (secondary N) is 1. The molecule has 0 aromatic heterocycles. The van der Waals surface area contributed by atoms with Crippen molar-refractivity contribution in [1.29, 1.82) is 0 Å². The molecule has 1 aromatic rings. The summed E-state index contributed by atoms with van der Waals surface area (Å²) in [5, 5.41) is 13.1. The van der Waals surface area contributed by atoms with Crippen LogP contribution in [0.25, 0.3) is 0 Å². The van der Waals surface area contributed by atoms with Crippen molar-refractivity contribution < 1.29 is 18.8 Å². The third-order valence-electron chi connectivity index (χ3n) is 2.15. The van der Waals surface area contributed by atoms with Gasteiger partial charge in [0.15, 0.2) is 5.82 Å². The number of benzene rings is 1. The minimum absolute atomic E-state index is 0.184. The number of nitro benzene ring substituents is 1. The molecule has 98 valence electrons. The van der Waals surface area contributed by atoms with Crippen LogP contribution in [0.4, 0.5) is 15.8 Å². The smallest absolute Gasteiger partial charge is 0.285 e.